The normalized spacial score (nSPS) is 16.3. The Labute approximate surface area is 153 Å². The minimum Gasteiger partial charge on any atom is -0.507 e. The van der Waals surface area contributed by atoms with Crippen molar-refractivity contribution in [2.24, 2.45) is 0 Å². The molecular formula is C18H20F3N3O3. The van der Waals surface area contributed by atoms with Crippen LogP contribution in [0.4, 0.5) is 13.2 Å². The van der Waals surface area contributed by atoms with Crippen LogP contribution in [0.3, 0.4) is 0 Å². The van der Waals surface area contributed by atoms with Gasteiger partial charge < -0.3 is 9.84 Å². The third kappa shape index (κ3) is 4.67. The molecule has 0 radical (unpaired) electrons. The third-order valence-electron chi connectivity index (χ3n) is 4.49. The van der Waals surface area contributed by atoms with E-state index in [1.165, 1.54) is 17.1 Å². The highest BCUT2D eigenvalue weighted by atomic mass is 19.4. The third-order valence-corrected chi connectivity index (χ3v) is 4.49. The van der Waals surface area contributed by atoms with Gasteiger partial charge in [-0.05, 0) is 24.6 Å². The Hall–Kier alpha value is -2.39. The van der Waals surface area contributed by atoms with Crippen LogP contribution in [0.1, 0.15) is 12.0 Å². The number of hydrogen-bond acceptors (Lipinski definition) is 5. The molecule has 0 spiro atoms. The summed E-state index contributed by atoms with van der Waals surface area (Å²) in [7, 11) is 0. The topological polar surface area (TPSA) is 67.6 Å². The molecule has 2 aromatic rings. The number of halogens is 3. The van der Waals surface area contributed by atoms with E-state index in [2.05, 4.69) is 9.88 Å². The highest BCUT2D eigenvalue weighted by molar-refractivity contribution is 5.69. The molecule has 0 saturated carbocycles. The Balaban J connectivity index is 1.81. The summed E-state index contributed by atoms with van der Waals surface area (Å²) < 4.78 is 45.0. The van der Waals surface area contributed by atoms with Crippen LogP contribution in [-0.2, 0) is 17.5 Å². The van der Waals surface area contributed by atoms with E-state index in [0.29, 0.717) is 25.8 Å². The molecule has 0 unspecified atom stereocenters. The van der Waals surface area contributed by atoms with Gasteiger partial charge in [0.15, 0.2) is 0 Å². The molecular weight excluding hydrogens is 363 g/mol. The average molecular weight is 383 g/mol. The number of nitrogens with zero attached hydrogens (tertiary/aromatic N) is 3. The van der Waals surface area contributed by atoms with Crippen LogP contribution in [-0.4, -0.2) is 52.4 Å². The van der Waals surface area contributed by atoms with E-state index in [-0.39, 0.29) is 11.1 Å². The second kappa shape index (κ2) is 8.10. The van der Waals surface area contributed by atoms with Gasteiger partial charge in [-0.25, -0.2) is 4.98 Å². The lowest BCUT2D eigenvalue weighted by Gasteiger charge is -2.19. The monoisotopic (exact) mass is 383 g/mol. The highest BCUT2D eigenvalue weighted by Crippen LogP contribution is 2.35. The van der Waals surface area contributed by atoms with Crippen molar-refractivity contribution in [3.05, 3.63) is 46.6 Å². The standard InChI is InChI=1S/C18H20F3N3O3/c19-18(20,21)13-2-3-14(16(25)10-13)15-11-22-12-24(17(15)26)6-5-23-4-1-8-27-9-7-23/h2-3,10-12,25H,1,4-9H2. The van der Waals surface area contributed by atoms with Gasteiger partial charge in [-0.1, -0.05) is 0 Å². The Bertz CT molecular complexity index is 844. The van der Waals surface area contributed by atoms with Crippen LogP contribution in [0.25, 0.3) is 11.1 Å². The lowest BCUT2D eigenvalue weighted by molar-refractivity contribution is -0.137. The number of rotatable bonds is 4. The second-order valence-electron chi connectivity index (χ2n) is 6.34. The van der Waals surface area contributed by atoms with E-state index in [1.54, 1.807) is 0 Å². The van der Waals surface area contributed by atoms with Gasteiger partial charge >= 0.3 is 6.18 Å². The minimum atomic E-state index is -4.57. The predicted molar refractivity (Wildman–Crippen MR) is 92.5 cm³/mol. The first-order valence-corrected chi connectivity index (χ1v) is 8.61. The van der Waals surface area contributed by atoms with E-state index < -0.39 is 23.0 Å². The Morgan fingerprint density at radius 3 is 2.70 bits per heavy atom. The number of aromatic nitrogens is 2. The molecule has 27 heavy (non-hydrogen) atoms. The number of phenolic OH excluding ortho intramolecular Hbond substituents is 1. The zero-order valence-electron chi connectivity index (χ0n) is 14.6. The molecule has 146 valence electrons. The van der Waals surface area contributed by atoms with Crippen molar-refractivity contribution in [3.8, 4) is 16.9 Å². The second-order valence-corrected chi connectivity index (χ2v) is 6.34. The van der Waals surface area contributed by atoms with Crippen molar-refractivity contribution >= 4 is 0 Å². The zero-order chi connectivity index (χ0) is 19.4. The van der Waals surface area contributed by atoms with Crippen LogP contribution in [0.15, 0.2) is 35.5 Å². The number of aromatic hydroxyl groups is 1. The number of hydrogen-bond donors (Lipinski definition) is 1. The number of alkyl halides is 3. The summed E-state index contributed by atoms with van der Waals surface area (Å²) in [6.07, 6.45) is -1.00. The zero-order valence-corrected chi connectivity index (χ0v) is 14.6. The molecule has 0 amide bonds. The Morgan fingerprint density at radius 2 is 1.96 bits per heavy atom. The summed E-state index contributed by atoms with van der Waals surface area (Å²) in [4.78, 5) is 18.9. The van der Waals surface area contributed by atoms with Gasteiger partial charge in [0.1, 0.15) is 5.75 Å². The van der Waals surface area contributed by atoms with Gasteiger partial charge in [-0.15, -0.1) is 0 Å². The summed E-state index contributed by atoms with van der Waals surface area (Å²) in [5, 5.41) is 9.99. The van der Waals surface area contributed by atoms with E-state index >= 15 is 0 Å². The maximum Gasteiger partial charge on any atom is 0.416 e. The van der Waals surface area contributed by atoms with Crippen molar-refractivity contribution in [2.75, 3.05) is 32.8 Å². The highest BCUT2D eigenvalue weighted by Gasteiger charge is 2.31. The molecule has 0 bridgehead atoms. The van der Waals surface area contributed by atoms with E-state index in [9.17, 15) is 23.1 Å². The molecule has 0 atom stereocenters. The average Bonchev–Trinajstić information content (AvgIpc) is 2.89. The lowest BCUT2D eigenvalue weighted by Crippen LogP contribution is -2.33. The summed E-state index contributed by atoms with van der Waals surface area (Å²) in [5.74, 6) is -0.605. The molecule has 9 heteroatoms. The molecule has 1 aromatic carbocycles. The molecule has 1 N–H and O–H groups in total. The summed E-state index contributed by atoms with van der Waals surface area (Å²) in [6, 6.07) is 2.54. The molecule has 6 nitrogen and oxygen atoms in total. The van der Waals surface area contributed by atoms with E-state index in [4.69, 9.17) is 4.74 Å². The Kier molecular flexibility index (Phi) is 5.81. The van der Waals surface area contributed by atoms with Crippen molar-refractivity contribution in [2.45, 2.75) is 19.1 Å². The fraction of sp³-hybridized carbons (Fsp3) is 0.444. The van der Waals surface area contributed by atoms with Crippen LogP contribution < -0.4 is 5.56 Å². The molecule has 1 fully saturated rings. The SMILES string of the molecule is O=c1c(-c2ccc(C(F)(F)F)cc2O)cncn1CCN1CCCOCC1. The Morgan fingerprint density at radius 1 is 1.15 bits per heavy atom. The van der Waals surface area contributed by atoms with Crippen molar-refractivity contribution in [1.82, 2.24) is 14.5 Å². The minimum absolute atomic E-state index is 0.0259. The molecule has 1 aliphatic rings. The van der Waals surface area contributed by atoms with Gasteiger partial charge in [0.2, 0.25) is 0 Å². The smallest absolute Gasteiger partial charge is 0.416 e. The fourth-order valence-electron chi connectivity index (χ4n) is 3.00. The molecule has 1 aromatic heterocycles. The summed E-state index contributed by atoms with van der Waals surface area (Å²) >= 11 is 0. The maximum atomic E-state index is 12.7. The summed E-state index contributed by atoms with van der Waals surface area (Å²) in [5.41, 5.74) is -1.30. The summed E-state index contributed by atoms with van der Waals surface area (Å²) in [6.45, 7) is 4.05. The van der Waals surface area contributed by atoms with E-state index in [0.717, 1.165) is 38.2 Å². The van der Waals surface area contributed by atoms with Crippen LogP contribution in [0.2, 0.25) is 0 Å². The quantitative estimate of drug-likeness (QED) is 0.878. The van der Waals surface area contributed by atoms with Crippen LogP contribution in [0.5, 0.6) is 5.75 Å². The first-order chi connectivity index (χ1) is 12.9. The largest absolute Gasteiger partial charge is 0.507 e. The van der Waals surface area contributed by atoms with E-state index in [1.807, 2.05) is 0 Å². The van der Waals surface area contributed by atoms with Gasteiger partial charge in [0.05, 0.1) is 24.1 Å². The molecule has 0 aliphatic carbocycles. The van der Waals surface area contributed by atoms with Gasteiger partial charge in [-0.2, -0.15) is 13.2 Å². The first-order valence-electron chi connectivity index (χ1n) is 8.61. The molecule has 3 rings (SSSR count). The number of phenols is 1. The molecule has 1 aliphatic heterocycles. The first kappa shape index (κ1) is 19.4. The van der Waals surface area contributed by atoms with Crippen molar-refractivity contribution in [3.63, 3.8) is 0 Å². The van der Waals surface area contributed by atoms with Crippen LogP contribution >= 0.6 is 0 Å². The predicted octanol–water partition coefficient (Wildman–Crippen LogP) is 2.36. The molecule has 1 saturated heterocycles. The van der Waals surface area contributed by atoms with Crippen LogP contribution in [0, 0.1) is 0 Å². The van der Waals surface area contributed by atoms with Crippen molar-refractivity contribution in [1.29, 1.82) is 0 Å². The van der Waals surface area contributed by atoms with Gasteiger partial charge in [0, 0.05) is 44.5 Å². The van der Waals surface area contributed by atoms with Crippen molar-refractivity contribution < 1.29 is 23.0 Å². The van der Waals surface area contributed by atoms with Gasteiger partial charge in [0.25, 0.3) is 5.56 Å². The maximum absolute atomic E-state index is 12.7. The molecule has 2 heterocycles. The van der Waals surface area contributed by atoms with Gasteiger partial charge in [-0.3, -0.25) is 14.3 Å². The fourth-order valence-corrected chi connectivity index (χ4v) is 3.00. The lowest BCUT2D eigenvalue weighted by atomic mass is 10.0. The number of ether oxygens (including phenoxy) is 1. The number of benzene rings is 1.